The van der Waals surface area contributed by atoms with Gasteiger partial charge in [-0.15, -0.1) is 11.8 Å². The maximum absolute atomic E-state index is 12.3. The van der Waals surface area contributed by atoms with E-state index in [0.29, 0.717) is 27.0 Å². The van der Waals surface area contributed by atoms with E-state index >= 15 is 0 Å². The molecule has 0 heterocycles. The number of Topliss-reactive ketones (excluding diaryl/α,β-unsaturated/α-hetero) is 1. The minimum Gasteiger partial charge on any atom is -0.484 e. The summed E-state index contributed by atoms with van der Waals surface area (Å²) in [5, 5.41) is 3.61. The Morgan fingerprint density at radius 1 is 0.931 bits per heavy atom. The highest BCUT2D eigenvalue weighted by molar-refractivity contribution is 8.00. The fourth-order valence-electron chi connectivity index (χ4n) is 2.44. The molecule has 1 amide bonds. The van der Waals surface area contributed by atoms with Crippen LogP contribution in [0.4, 0.5) is 5.69 Å². The second-order valence-corrected chi connectivity index (χ2v) is 7.90. The number of ketones is 1. The lowest BCUT2D eigenvalue weighted by atomic mass is 10.1. The van der Waals surface area contributed by atoms with Crippen LogP contribution >= 0.6 is 35.0 Å². The first-order valence-corrected chi connectivity index (χ1v) is 10.4. The Morgan fingerprint density at radius 2 is 1.66 bits per heavy atom. The van der Waals surface area contributed by atoms with E-state index in [9.17, 15) is 9.59 Å². The third kappa shape index (κ3) is 6.53. The van der Waals surface area contributed by atoms with Crippen LogP contribution in [-0.4, -0.2) is 24.1 Å². The SMILES string of the molecule is O=C(COc1ccccc1)Nc1ccc(SCC(=O)c2ccc(Cl)cc2Cl)cc1. The summed E-state index contributed by atoms with van der Waals surface area (Å²) in [6, 6.07) is 21.2. The normalized spacial score (nSPS) is 10.4. The van der Waals surface area contributed by atoms with E-state index in [1.165, 1.54) is 11.8 Å². The lowest BCUT2D eigenvalue weighted by molar-refractivity contribution is -0.118. The number of carbonyl (C=O) groups is 2. The van der Waals surface area contributed by atoms with Crippen molar-refractivity contribution in [1.29, 1.82) is 0 Å². The number of amides is 1. The third-order valence-corrected chi connectivity index (χ3v) is 5.41. The highest BCUT2D eigenvalue weighted by atomic mass is 35.5. The number of thioether (sulfide) groups is 1. The first kappa shape index (κ1) is 21.2. The van der Waals surface area contributed by atoms with Gasteiger partial charge in [0.2, 0.25) is 0 Å². The summed E-state index contributed by atoms with van der Waals surface area (Å²) in [7, 11) is 0. The topological polar surface area (TPSA) is 55.4 Å². The van der Waals surface area contributed by atoms with Crippen molar-refractivity contribution in [2.75, 3.05) is 17.7 Å². The van der Waals surface area contributed by atoms with Gasteiger partial charge in [0.15, 0.2) is 12.4 Å². The second-order valence-electron chi connectivity index (χ2n) is 6.01. The molecule has 148 valence electrons. The Morgan fingerprint density at radius 3 is 2.34 bits per heavy atom. The number of para-hydroxylation sites is 1. The Kier molecular flexibility index (Phi) is 7.58. The zero-order valence-electron chi connectivity index (χ0n) is 15.2. The summed E-state index contributed by atoms with van der Waals surface area (Å²) in [4.78, 5) is 25.2. The first-order valence-electron chi connectivity index (χ1n) is 8.70. The van der Waals surface area contributed by atoms with Crippen LogP contribution in [0.1, 0.15) is 10.4 Å². The van der Waals surface area contributed by atoms with Crippen LogP contribution in [0.25, 0.3) is 0 Å². The van der Waals surface area contributed by atoms with Crippen LogP contribution in [0.5, 0.6) is 5.75 Å². The number of nitrogens with one attached hydrogen (secondary N) is 1. The number of benzene rings is 3. The summed E-state index contributed by atoms with van der Waals surface area (Å²) >= 11 is 13.3. The number of hydrogen-bond acceptors (Lipinski definition) is 4. The number of hydrogen-bond donors (Lipinski definition) is 1. The molecule has 0 atom stereocenters. The fourth-order valence-corrected chi connectivity index (χ4v) is 3.74. The van der Waals surface area contributed by atoms with E-state index in [2.05, 4.69) is 5.32 Å². The van der Waals surface area contributed by atoms with Crippen molar-refractivity contribution in [3.8, 4) is 5.75 Å². The molecule has 29 heavy (non-hydrogen) atoms. The smallest absolute Gasteiger partial charge is 0.262 e. The third-order valence-electron chi connectivity index (χ3n) is 3.85. The largest absolute Gasteiger partial charge is 0.484 e. The molecule has 0 saturated carbocycles. The minimum atomic E-state index is -0.248. The van der Waals surface area contributed by atoms with Crippen molar-refractivity contribution in [1.82, 2.24) is 0 Å². The molecule has 3 aromatic rings. The molecular weight excluding hydrogens is 429 g/mol. The van der Waals surface area contributed by atoms with Crippen LogP contribution in [-0.2, 0) is 4.79 Å². The van der Waals surface area contributed by atoms with Crippen molar-refractivity contribution in [3.63, 3.8) is 0 Å². The predicted molar refractivity (Wildman–Crippen MR) is 119 cm³/mol. The van der Waals surface area contributed by atoms with Crippen molar-refractivity contribution in [2.24, 2.45) is 0 Å². The molecule has 0 aliphatic heterocycles. The molecule has 0 fully saturated rings. The minimum absolute atomic E-state index is 0.0726. The summed E-state index contributed by atoms with van der Waals surface area (Å²) in [6.07, 6.45) is 0. The van der Waals surface area contributed by atoms with Crippen LogP contribution in [0.3, 0.4) is 0 Å². The van der Waals surface area contributed by atoms with Crippen molar-refractivity contribution >= 4 is 52.3 Å². The summed E-state index contributed by atoms with van der Waals surface area (Å²) in [5.41, 5.74) is 1.11. The Labute approximate surface area is 183 Å². The fraction of sp³-hybridized carbons (Fsp3) is 0.0909. The Balaban J connectivity index is 1.48. The van der Waals surface area contributed by atoms with Gasteiger partial charge < -0.3 is 10.1 Å². The molecule has 1 N–H and O–H groups in total. The number of rotatable bonds is 8. The van der Waals surface area contributed by atoms with Gasteiger partial charge in [-0.2, -0.15) is 0 Å². The van der Waals surface area contributed by atoms with E-state index < -0.39 is 0 Å². The van der Waals surface area contributed by atoms with Crippen LogP contribution in [0.15, 0.2) is 77.7 Å². The zero-order chi connectivity index (χ0) is 20.6. The summed E-state index contributed by atoms with van der Waals surface area (Å²) < 4.78 is 5.41. The van der Waals surface area contributed by atoms with Gasteiger partial charge in [0.1, 0.15) is 5.75 Å². The van der Waals surface area contributed by atoms with Gasteiger partial charge in [0.25, 0.3) is 5.91 Å². The highest BCUT2D eigenvalue weighted by Crippen LogP contribution is 2.25. The second kappa shape index (κ2) is 10.3. The quantitative estimate of drug-likeness (QED) is 0.341. The van der Waals surface area contributed by atoms with E-state index in [4.69, 9.17) is 27.9 Å². The number of anilines is 1. The van der Waals surface area contributed by atoms with Gasteiger partial charge in [-0.25, -0.2) is 0 Å². The Bertz CT molecular complexity index is 995. The molecule has 3 rings (SSSR count). The standard InChI is InChI=1S/C22H17Cl2NO3S/c23-15-6-11-19(20(24)12-15)21(26)14-29-18-9-7-16(8-10-18)25-22(27)13-28-17-4-2-1-3-5-17/h1-12H,13-14H2,(H,25,27). The molecule has 0 spiro atoms. The van der Waals surface area contributed by atoms with Gasteiger partial charge in [-0.1, -0.05) is 41.4 Å². The number of ether oxygens (including phenoxy) is 1. The van der Waals surface area contributed by atoms with Crippen LogP contribution < -0.4 is 10.1 Å². The maximum atomic E-state index is 12.3. The molecule has 7 heteroatoms. The predicted octanol–water partition coefficient (Wildman–Crippen LogP) is 5.99. The monoisotopic (exact) mass is 445 g/mol. The van der Waals surface area contributed by atoms with Crippen molar-refractivity contribution < 1.29 is 14.3 Å². The molecule has 0 bridgehead atoms. The van der Waals surface area contributed by atoms with Gasteiger partial charge >= 0.3 is 0 Å². The van der Waals surface area contributed by atoms with Crippen molar-refractivity contribution in [2.45, 2.75) is 4.90 Å². The lowest BCUT2D eigenvalue weighted by Gasteiger charge is -2.08. The first-order chi connectivity index (χ1) is 14.0. The maximum Gasteiger partial charge on any atom is 0.262 e. The van der Waals surface area contributed by atoms with E-state index in [1.807, 2.05) is 30.3 Å². The molecule has 0 radical (unpaired) electrons. The van der Waals surface area contributed by atoms with E-state index in [1.54, 1.807) is 42.5 Å². The molecule has 0 unspecified atom stereocenters. The van der Waals surface area contributed by atoms with Gasteiger partial charge in [-0.05, 0) is 54.6 Å². The van der Waals surface area contributed by atoms with Gasteiger partial charge in [0, 0.05) is 21.2 Å². The van der Waals surface area contributed by atoms with Crippen molar-refractivity contribution in [3.05, 3.63) is 88.4 Å². The van der Waals surface area contributed by atoms with Gasteiger partial charge in [-0.3, -0.25) is 9.59 Å². The van der Waals surface area contributed by atoms with E-state index in [0.717, 1.165) is 4.90 Å². The van der Waals surface area contributed by atoms with Crippen LogP contribution in [0, 0.1) is 0 Å². The zero-order valence-corrected chi connectivity index (χ0v) is 17.6. The molecule has 0 saturated heterocycles. The van der Waals surface area contributed by atoms with E-state index in [-0.39, 0.29) is 24.1 Å². The van der Waals surface area contributed by atoms with Crippen LogP contribution in [0.2, 0.25) is 10.0 Å². The molecule has 3 aromatic carbocycles. The summed E-state index contributed by atoms with van der Waals surface area (Å²) in [5.74, 6) is 0.562. The lowest BCUT2D eigenvalue weighted by Crippen LogP contribution is -2.20. The Hall–Kier alpha value is -2.47. The molecular formula is C22H17Cl2NO3S. The average Bonchev–Trinajstić information content (AvgIpc) is 2.72. The number of carbonyl (C=O) groups excluding carboxylic acids is 2. The molecule has 0 aliphatic carbocycles. The molecule has 0 aromatic heterocycles. The van der Waals surface area contributed by atoms with Gasteiger partial charge in [0.05, 0.1) is 10.8 Å². The molecule has 4 nitrogen and oxygen atoms in total. The summed E-state index contributed by atoms with van der Waals surface area (Å²) in [6.45, 7) is -0.0726. The number of halogens is 2. The molecule has 0 aliphatic rings. The average molecular weight is 446 g/mol. The highest BCUT2D eigenvalue weighted by Gasteiger charge is 2.11.